The largest absolute Gasteiger partial charge is 0.382 e. The van der Waals surface area contributed by atoms with Gasteiger partial charge in [-0.05, 0) is 58.4 Å². The van der Waals surface area contributed by atoms with Crippen molar-refractivity contribution in [2.75, 3.05) is 39.4 Å². The van der Waals surface area contributed by atoms with Gasteiger partial charge in [-0.25, -0.2) is 0 Å². The van der Waals surface area contributed by atoms with Crippen LogP contribution in [-0.2, 0) is 4.74 Å². The Bertz CT molecular complexity index is 232. The zero-order valence-corrected chi connectivity index (χ0v) is 12.5. The second kappa shape index (κ2) is 9.53. The van der Waals surface area contributed by atoms with Gasteiger partial charge in [0, 0.05) is 32.3 Å². The summed E-state index contributed by atoms with van der Waals surface area (Å²) < 4.78 is 5.27. The summed E-state index contributed by atoms with van der Waals surface area (Å²) in [6, 6.07) is 0.412. The number of likely N-dealkylation sites (tertiary alicyclic amines) is 1. The zero-order valence-electron chi connectivity index (χ0n) is 11.7. The fourth-order valence-corrected chi connectivity index (χ4v) is 2.50. The molecule has 18 heavy (non-hydrogen) atoms. The van der Waals surface area contributed by atoms with Crippen LogP contribution in [0.5, 0.6) is 0 Å². The van der Waals surface area contributed by atoms with Crippen molar-refractivity contribution in [1.29, 1.82) is 0 Å². The maximum atomic E-state index is 5.27. The molecule has 1 fully saturated rings. The summed E-state index contributed by atoms with van der Waals surface area (Å²) in [6.45, 7) is 10.2. The fourth-order valence-electron chi connectivity index (χ4n) is 2.19. The van der Waals surface area contributed by atoms with Crippen molar-refractivity contribution in [2.24, 2.45) is 0 Å². The van der Waals surface area contributed by atoms with Gasteiger partial charge in [0.05, 0.1) is 0 Å². The first kappa shape index (κ1) is 15.7. The van der Waals surface area contributed by atoms with Crippen LogP contribution in [-0.4, -0.2) is 55.4 Å². The topological polar surface area (TPSA) is 36.5 Å². The molecule has 1 aliphatic heterocycles. The Kier molecular flexibility index (Phi) is 8.29. The molecule has 106 valence electrons. The molecular weight excluding hydrogens is 246 g/mol. The third-order valence-corrected chi connectivity index (χ3v) is 3.33. The summed E-state index contributed by atoms with van der Waals surface area (Å²) in [6.07, 6.45) is 3.68. The van der Waals surface area contributed by atoms with Crippen LogP contribution in [0.1, 0.15) is 33.1 Å². The van der Waals surface area contributed by atoms with E-state index in [-0.39, 0.29) is 0 Å². The Morgan fingerprint density at radius 3 is 2.78 bits per heavy atom. The molecule has 4 nitrogen and oxygen atoms in total. The molecule has 0 amide bonds. The number of thiocarbonyl (C=S) groups is 1. The lowest BCUT2D eigenvalue weighted by molar-refractivity contribution is 0.145. The monoisotopic (exact) mass is 273 g/mol. The Labute approximate surface area is 116 Å². The third kappa shape index (κ3) is 7.13. The van der Waals surface area contributed by atoms with E-state index in [0.717, 1.165) is 37.8 Å². The molecule has 1 saturated heterocycles. The number of rotatable bonds is 8. The highest BCUT2D eigenvalue weighted by molar-refractivity contribution is 7.80. The van der Waals surface area contributed by atoms with Crippen molar-refractivity contribution in [3.05, 3.63) is 0 Å². The van der Waals surface area contributed by atoms with Gasteiger partial charge < -0.3 is 20.3 Å². The summed E-state index contributed by atoms with van der Waals surface area (Å²) in [4.78, 5) is 2.50. The molecule has 1 atom stereocenters. The lowest BCUT2D eigenvalue weighted by atomic mass is 10.3. The molecule has 0 bridgehead atoms. The summed E-state index contributed by atoms with van der Waals surface area (Å²) in [5.74, 6) is 0. The van der Waals surface area contributed by atoms with E-state index in [1.54, 1.807) is 0 Å². The van der Waals surface area contributed by atoms with E-state index in [9.17, 15) is 0 Å². The van der Waals surface area contributed by atoms with Crippen LogP contribution >= 0.6 is 12.2 Å². The molecule has 0 spiro atoms. The highest BCUT2D eigenvalue weighted by atomic mass is 32.1. The van der Waals surface area contributed by atoms with Gasteiger partial charge in [0.25, 0.3) is 0 Å². The van der Waals surface area contributed by atoms with E-state index in [4.69, 9.17) is 17.0 Å². The SMILES string of the molecule is CCOCCCNC(=S)NC(C)CN1CCCC1. The molecule has 0 saturated carbocycles. The molecule has 1 rings (SSSR count). The number of hydrogen-bond donors (Lipinski definition) is 2. The molecule has 5 heteroatoms. The smallest absolute Gasteiger partial charge is 0.166 e. The zero-order chi connectivity index (χ0) is 13.2. The van der Waals surface area contributed by atoms with Crippen LogP contribution in [0.2, 0.25) is 0 Å². The van der Waals surface area contributed by atoms with E-state index in [1.807, 2.05) is 6.92 Å². The van der Waals surface area contributed by atoms with Gasteiger partial charge in [-0.2, -0.15) is 0 Å². The molecule has 0 radical (unpaired) electrons. The second-order valence-electron chi connectivity index (χ2n) is 4.86. The van der Waals surface area contributed by atoms with Crippen molar-refractivity contribution in [3.8, 4) is 0 Å². The Morgan fingerprint density at radius 1 is 1.39 bits per heavy atom. The average molecular weight is 273 g/mol. The van der Waals surface area contributed by atoms with Crippen molar-refractivity contribution in [1.82, 2.24) is 15.5 Å². The lowest BCUT2D eigenvalue weighted by Gasteiger charge is -2.22. The van der Waals surface area contributed by atoms with Gasteiger partial charge in [-0.15, -0.1) is 0 Å². The Balaban J connectivity index is 2.00. The van der Waals surface area contributed by atoms with Gasteiger partial charge >= 0.3 is 0 Å². The van der Waals surface area contributed by atoms with E-state index in [0.29, 0.717) is 6.04 Å². The number of ether oxygens (including phenoxy) is 1. The molecule has 1 aliphatic rings. The summed E-state index contributed by atoms with van der Waals surface area (Å²) >= 11 is 5.27. The molecule has 1 heterocycles. The van der Waals surface area contributed by atoms with Gasteiger partial charge in [0.2, 0.25) is 0 Å². The van der Waals surface area contributed by atoms with Crippen LogP contribution in [0.25, 0.3) is 0 Å². The number of nitrogens with zero attached hydrogens (tertiary/aromatic N) is 1. The minimum absolute atomic E-state index is 0.412. The predicted molar refractivity (Wildman–Crippen MR) is 80.0 cm³/mol. The fraction of sp³-hybridized carbons (Fsp3) is 0.923. The standard InChI is InChI=1S/C13H27N3OS/c1-3-17-10-6-7-14-13(18)15-12(2)11-16-8-4-5-9-16/h12H,3-11H2,1-2H3,(H2,14,15,18). The van der Waals surface area contributed by atoms with Crippen molar-refractivity contribution < 1.29 is 4.74 Å². The van der Waals surface area contributed by atoms with Gasteiger partial charge in [-0.1, -0.05) is 0 Å². The number of nitrogens with one attached hydrogen (secondary N) is 2. The number of hydrogen-bond acceptors (Lipinski definition) is 3. The maximum Gasteiger partial charge on any atom is 0.166 e. The van der Waals surface area contributed by atoms with Crippen LogP contribution in [0.4, 0.5) is 0 Å². The third-order valence-electron chi connectivity index (χ3n) is 3.06. The van der Waals surface area contributed by atoms with Gasteiger partial charge in [-0.3, -0.25) is 0 Å². The predicted octanol–water partition coefficient (Wildman–Crippen LogP) is 1.36. The van der Waals surface area contributed by atoms with Crippen LogP contribution in [0.15, 0.2) is 0 Å². The summed E-state index contributed by atoms with van der Waals surface area (Å²) in [5.41, 5.74) is 0. The van der Waals surface area contributed by atoms with Gasteiger partial charge in [0.15, 0.2) is 5.11 Å². The Morgan fingerprint density at radius 2 is 2.11 bits per heavy atom. The van der Waals surface area contributed by atoms with Gasteiger partial charge in [0.1, 0.15) is 0 Å². The average Bonchev–Trinajstić information content (AvgIpc) is 2.81. The minimum Gasteiger partial charge on any atom is -0.382 e. The normalized spacial score (nSPS) is 17.7. The molecule has 2 N–H and O–H groups in total. The summed E-state index contributed by atoms with van der Waals surface area (Å²) in [5, 5.41) is 7.32. The molecule has 0 aromatic rings. The molecule has 0 aromatic carbocycles. The van der Waals surface area contributed by atoms with Crippen molar-refractivity contribution >= 4 is 17.3 Å². The molecule has 0 aliphatic carbocycles. The lowest BCUT2D eigenvalue weighted by Crippen LogP contribution is -2.45. The highest BCUT2D eigenvalue weighted by Gasteiger charge is 2.14. The van der Waals surface area contributed by atoms with Crippen LogP contribution < -0.4 is 10.6 Å². The maximum absolute atomic E-state index is 5.27. The van der Waals surface area contributed by atoms with Crippen LogP contribution in [0, 0.1) is 0 Å². The van der Waals surface area contributed by atoms with Crippen molar-refractivity contribution in [3.63, 3.8) is 0 Å². The minimum atomic E-state index is 0.412. The second-order valence-corrected chi connectivity index (χ2v) is 5.27. The molecule has 0 aromatic heterocycles. The van der Waals surface area contributed by atoms with Crippen LogP contribution in [0.3, 0.4) is 0 Å². The summed E-state index contributed by atoms with van der Waals surface area (Å²) in [7, 11) is 0. The Hall–Kier alpha value is -0.390. The van der Waals surface area contributed by atoms with Crippen molar-refractivity contribution in [2.45, 2.75) is 39.2 Å². The van der Waals surface area contributed by atoms with E-state index < -0.39 is 0 Å². The molecular formula is C13H27N3OS. The highest BCUT2D eigenvalue weighted by Crippen LogP contribution is 2.07. The van der Waals surface area contributed by atoms with E-state index >= 15 is 0 Å². The quantitative estimate of drug-likeness (QED) is 0.516. The first-order valence-corrected chi connectivity index (χ1v) is 7.47. The first-order valence-electron chi connectivity index (χ1n) is 7.07. The van der Waals surface area contributed by atoms with E-state index in [1.165, 1.54) is 25.9 Å². The van der Waals surface area contributed by atoms with E-state index in [2.05, 4.69) is 22.5 Å². The first-order chi connectivity index (χ1) is 8.72. The molecule has 1 unspecified atom stereocenters.